The Hall–Kier alpha value is -3.68. The molecule has 3 amide bonds. The minimum Gasteiger partial charge on any atom is -0.456 e. The molecule has 0 saturated carbocycles. The Labute approximate surface area is 247 Å². The second-order valence-corrected chi connectivity index (χ2v) is 11.6. The average molecular weight is 591 g/mol. The molecule has 0 spiro atoms. The predicted octanol–water partition coefficient (Wildman–Crippen LogP) is 5.93. The molecule has 3 aliphatic carbocycles. The normalized spacial score (nSPS) is 21.8. The number of hydrogen-bond acceptors (Lipinski definition) is 5. The molecule has 2 atom stereocenters. The first kappa shape index (κ1) is 27.5. The molecule has 9 heteroatoms. The van der Waals surface area contributed by atoms with Gasteiger partial charge in [-0.2, -0.15) is 0 Å². The van der Waals surface area contributed by atoms with Crippen LogP contribution in [0.5, 0.6) is 0 Å². The van der Waals surface area contributed by atoms with Crippen LogP contribution >= 0.6 is 23.2 Å². The van der Waals surface area contributed by atoms with Crippen molar-refractivity contribution in [3.63, 3.8) is 0 Å². The molecule has 1 fully saturated rings. The highest BCUT2D eigenvalue weighted by Crippen LogP contribution is 2.60. The van der Waals surface area contributed by atoms with Crippen LogP contribution in [0.25, 0.3) is 0 Å². The molecule has 2 bridgehead atoms. The first-order valence-corrected chi connectivity index (χ1v) is 14.5. The van der Waals surface area contributed by atoms with Crippen molar-refractivity contribution in [3.05, 3.63) is 99.0 Å². The maximum atomic E-state index is 13.6. The number of hydrogen-bond donors (Lipinski definition) is 1. The number of unbranched alkanes of at least 4 members (excludes halogenated alkanes) is 2. The average Bonchev–Trinajstić information content (AvgIpc) is 3.23. The lowest BCUT2D eigenvalue weighted by atomic mass is 9.55. The molecule has 0 radical (unpaired) electrons. The van der Waals surface area contributed by atoms with Gasteiger partial charge in [0.1, 0.15) is 0 Å². The summed E-state index contributed by atoms with van der Waals surface area (Å²) in [6, 6.07) is 21.1. The first-order valence-electron chi connectivity index (χ1n) is 13.8. The topological polar surface area (TPSA) is 92.8 Å². The monoisotopic (exact) mass is 590 g/mol. The molecule has 0 unspecified atom stereocenters. The summed E-state index contributed by atoms with van der Waals surface area (Å²) in [5.41, 5.74) is 4.96. The van der Waals surface area contributed by atoms with E-state index < -0.39 is 18.5 Å². The van der Waals surface area contributed by atoms with Crippen LogP contribution in [0.2, 0.25) is 10.0 Å². The van der Waals surface area contributed by atoms with Crippen LogP contribution in [0.1, 0.15) is 59.8 Å². The van der Waals surface area contributed by atoms with E-state index in [1.165, 1.54) is 11.0 Å². The molecule has 7 rings (SSSR count). The van der Waals surface area contributed by atoms with E-state index in [0.29, 0.717) is 41.5 Å². The van der Waals surface area contributed by atoms with Gasteiger partial charge in [0, 0.05) is 29.8 Å². The van der Waals surface area contributed by atoms with Gasteiger partial charge in [-0.1, -0.05) is 78.2 Å². The number of carbonyl (C=O) groups excluding carboxylic acids is 4. The molecule has 1 aliphatic heterocycles. The van der Waals surface area contributed by atoms with Crippen molar-refractivity contribution in [2.75, 3.05) is 18.5 Å². The molecule has 7 nitrogen and oxygen atoms in total. The van der Waals surface area contributed by atoms with Gasteiger partial charge < -0.3 is 10.1 Å². The zero-order valence-corrected chi connectivity index (χ0v) is 23.7. The van der Waals surface area contributed by atoms with Gasteiger partial charge >= 0.3 is 5.97 Å². The smallest absolute Gasteiger partial charge is 0.306 e. The summed E-state index contributed by atoms with van der Waals surface area (Å²) in [7, 11) is 0. The van der Waals surface area contributed by atoms with Gasteiger partial charge in [0.05, 0.1) is 22.5 Å². The number of esters is 1. The molecular weight excluding hydrogens is 563 g/mol. The molecular formula is C32H28Cl2N2O5. The maximum absolute atomic E-state index is 13.6. The van der Waals surface area contributed by atoms with Crippen molar-refractivity contribution in [3.8, 4) is 0 Å². The lowest BCUT2D eigenvalue weighted by Crippen LogP contribution is -2.41. The summed E-state index contributed by atoms with van der Waals surface area (Å²) in [4.78, 5) is 52.9. The summed E-state index contributed by atoms with van der Waals surface area (Å²) >= 11 is 12.0. The van der Waals surface area contributed by atoms with Crippen molar-refractivity contribution >= 4 is 52.6 Å². The lowest BCUT2D eigenvalue weighted by Gasteiger charge is -2.45. The fourth-order valence-electron chi connectivity index (χ4n) is 6.67. The quantitative estimate of drug-likeness (QED) is 0.189. The number of rotatable bonds is 9. The van der Waals surface area contributed by atoms with Gasteiger partial charge in [-0.15, -0.1) is 0 Å². The van der Waals surface area contributed by atoms with Gasteiger partial charge in [-0.05, 0) is 53.3 Å². The third kappa shape index (κ3) is 5.02. The molecule has 1 saturated heterocycles. The molecule has 3 aromatic carbocycles. The van der Waals surface area contributed by atoms with Crippen molar-refractivity contribution in [1.29, 1.82) is 0 Å². The Bertz CT molecular complexity index is 1440. The van der Waals surface area contributed by atoms with E-state index in [1.807, 2.05) is 24.3 Å². The number of amides is 3. The largest absolute Gasteiger partial charge is 0.456 e. The van der Waals surface area contributed by atoms with E-state index in [-0.39, 0.29) is 41.9 Å². The number of likely N-dealkylation sites (tertiary alicyclic amines) is 1. The van der Waals surface area contributed by atoms with Gasteiger partial charge in [0.15, 0.2) is 6.61 Å². The van der Waals surface area contributed by atoms with Crippen LogP contribution in [-0.4, -0.2) is 41.7 Å². The van der Waals surface area contributed by atoms with E-state index in [4.69, 9.17) is 27.9 Å². The fourth-order valence-corrected chi connectivity index (χ4v) is 7.01. The first-order chi connectivity index (χ1) is 19.8. The van der Waals surface area contributed by atoms with E-state index in [9.17, 15) is 19.2 Å². The zero-order chi connectivity index (χ0) is 28.7. The Morgan fingerprint density at radius 3 is 1.90 bits per heavy atom. The number of halogens is 2. The highest BCUT2D eigenvalue weighted by molar-refractivity contribution is 6.35. The number of ether oxygens (including phenoxy) is 1. The summed E-state index contributed by atoms with van der Waals surface area (Å²) < 4.78 is 5.07. The summed E-state index contributed by atoms with van der Waals surface area (Å²) in [6.45, 7) is -0.108. The van der Waals surface area contributed by atoms with Crippen LogP contribution in [0.15, 0.2) is 66.7 Å². The van der Waals surface area contributed by atoms with Gasteiger partial charge in [-0.25, -0.2) is 0 Å². The highest BCUT2D eigenvalue weighted by Gasteiger charge is 2.61. The van der Waals surface area contributed by atoms with Crippen molar-refractivity contribution < 1.29 is 23.9 Å². The molecule has 0 aromatic heterocycles. The van der Waals surface area contributed by atoms with E-state index in [2.05, 4.69) is 29.6 Å². The van der Waals surface area contributed by atoms with Crippen molar-refractivity contribution in [1.82, 2.24) is 4.90 Å². The highest BCUT2D eigenvalue weighted by atomic mass is 35.5. The lowest BCUT2D eigenvalue weighted by molar-refractivity contribution is -0.147. The predicted molar refractivity (Wildman–Crippen MR) is 155 cm³/mol. The molecule has 210 valence electrons. The SMILES string of the molecule is O=C(COC(=O)CCCCCN1C(=O)[C@@H]2C3c4ccccc4C(c4ccccc43)[C@H]2C1=O)Nc1cc(Cl)ccc1Cl. The molecule has 3 aromatic rings. The Kier molecular flexibility index (Phi) is 7.58. The third-order valence-corrected chi connectivity index (χ3v) is 8.93. The standard InChI is InChI=1S/C32H28Cl2N2O5/c33-18-13-14-23(34)24(16-18)35-25(37)17-41-26(38)12-2-1-7-15-36-31(39)29-27-19-8-3-4-9-20(19)28(30(29)32(36)40)22-11-6-5-10-21(22)27/h3-6,8-11,13-14,16,27-30H,1-2,7,12,15,17H2,(H,35,37)/t27?,28?,29-,30-/m1/s1. The fraction of sp³-hybridized carbons (Fsp3) is 0.312. The number of carbonyl (C=O) groups is 4. The summed E-state index contributed by atoms with van der Waals surface area (Å²) in [5.74, 6) is -2.17. The van der Waals surface area contributed by atoms with Crippen molar-refractivity contribution in [2.45, 2.75) is 37.5 Å². The number of benzene rings is 3. The van der Waals surface area contributed by atoms with Gasteiger partial charge in [0.2, 0.25) is 11.8 Å². The molecule has 1 heterocycles. The van der Waals surface area contributed by atoms with Crippen LogP contribution in [0.4, 0.5) is 5.69 Å². The molecule has 41 heavy (non-hydrogen) atoms. The minimum atomic E-state index is -0.520. The third-order valence-electron chi connectivity index (χ3n) is 8.37. The Morgan fingerprint density at radius 2 is 1.34 bits per heavy atom. The van der Waals surface area contributed by atoms with E-state index in [0.717, 1.165) is 22.3 Å². The Morgan fingerprint density at radius 1 is 0.780 bits per heavy atom. The van der Waals surface area contributed by atoms with E-state index in [1.54, 1.807) is 12.1 Å². The molecule has 1 N–H and O–H groups in total. The van der Waals surface area contributed by atoms with Crippen molar-refractivity contribution in [2.24, 2.45) is 11.8 Å². The van der Waals surface area contributed by atoms with Crippen LogP contribution in [0.3, 0.4) is 0 Å². The van der Waals surface area contributed by atoms with Crippen LogP contribution in [0, 0.1) is 11.8 Å². The maximum Gasteiger partial charge on any atom is 0.306 e. The molecule has 4 aliphatic rings. The Balaban J connectivity index is 0.999. The summed E-state index contributed by atoms with van der Waals surface area (Å²) in [5, 5.41) is 3.30. The number of anilines is 1. The van der Waals surface area contributed by atoms with Crippen LogP contribution < -0.4 is 5.32 Å². The zero-order valence-electron chi connectivity index (χ0n) is 22.1. The summed E-state index contributed by atoms with van der Waals surface area (Å²) in [6.07, 6.45) is 1.88. The second-order valence-electron chi connectivity index (χ2n) is 10.7. The minimum absolute atomic E-state index is 0.0933. The van der Waals surface area contributed by atoms with Crippen LogP contribution in [-0.2, 0) is 23.9 Å². The number of imide groups is 1. The van der Waals surface area contributed by atoms with Gasteiger partial charge in [0.25, 0.3) is 5.91 Å². The second kappa shape index (κ2) is 11.3. The van der Waals surface area contributed by atoms with Gasteiger partial charge in [-0.3, -0.25) is 24.1 Å². The number of nitrogens with zero attached hydrogens (tertiary/aromatic N) is 1. The number of nitrogens with one attached hydrogen (secondary N) is 1. The van der Waals surface area contributed by atoms with E-state index >= 15 is 0 Å².